The predicted molar refractivity (Wildman–Crippen MR) is 54.8 cm³/mol. The van der Waals surface area contributed by atoms with E-state index in [4.69, 9.17) is 5.11 Å². The quantitative estimate of drug-likeness (QED) is 0.805. The monoisotopic (exact) mass is 213 g/mol. The van der Waals surface area contributed by atoms with Gasteiger partial charge in [-0.25, -0.2) is 4.79 Å². The Morgan fingerprint density at radius 2 is 2.21 bits per heavy atom. The van der Waals surface area contributed by atoms with Crippen molar-refractivity contribution in [2.75, 3.05) is 5.32 Å². The second-order valence-electron chi connectivity index (χ2n) is 2.80. The molecule has 0 saturated heterocycles. The number of hydrogen-bond donors (Lipinski definition) is 2. The fourth-order valence-electron chi connectivity index (χ4n) is 0.999. The topological polar surface area (TPSA) is 66.4 Å². The summed E-state index contributed by atoms with van der Waals surface area (Å²) in [5.41, 5.74) is 0.542. The minimum absolute atomic E-state index is 0.145. The average Bonchev–Trinajstić information content (AvgIpc) is 2.52. The summed E-state index contributed by atoms with van der Waals surface area (Å²) in [6.07, 6.45) is 1.16. The van der Waals surface area contributed by atoms with Gasteiger partial charge in [0.25, 0.3) is 0 Å². The summed E-state index contributed by atoms with van der Waals surface area (Å²) in [6.45, 7) is 1.89. The summed E-state index contributed by atoms with van der Waals surface area (Å²) in [5, 5.41) is 14.4. The molecule has 0 spiro atoms. The van der Waals surface area contributed by atoms with Gasteiger partial charge >= 0.3 is 5.97 Å². The molecule has 1 aromatic heterocycles. The van der Waals surface area contributed by atoms with Gasteiger partial charge in [-0.05, 0) is 6.42 Å². The van der Waals surface area contributed by atoms with Crippen LogP contribution < -0.4 is 5.32 Å². The van der Waals surface area contributed by atoms with E-state index in [1.807, 2.05) is 6.92 Å². The number of amides is 1. The Labute approximate surface area is 85.6 Å². The maximum absolute atomic E-state index is 11.2. The maximum atomic E-state index is 11.2. The molecule has 0 saturated carbocycles. The van der Waals surface area contributed by atoms with E-state index in [2.05, 4.69) is 5.32 Å². The number of carbonyl (C=O) groups is 2. The first-order valence-corrected chi connectivity index (χ1v) is 5.18. The number of nitrogens with one attached hydrogen (secondary N) is 1. The lowest BCUT2D eigenvalue weighted by Crippen LogP contribution is -2.12. The summed E-state index contributed by atoms with van der Waals surface area (Å²) < 4.78 is 0. The van der Waals surface area contributed by atoms with Crippen molar-refractivity contribution in [3.05, 3.63) is 16.3 Å². The average molecular weight is 213 g/mol. The molecule has 2 N–H and O–H groups in total. The number of thiophene rings is 1. The molecule has 0 aliphatic heterocycles. The molecule has 1 heterocycles. The van der Waals surface area contributed by atoms with Gasteiger partial charge in [-0.15, -0.1) is 11.3 Å². The molecule has 0 fully saturated rings. The lowest BCUT2D eigenvalue weighted by molar-refractivity contribution is -0.116. The number of carboxylic acid groups (broad SMARTS) is 1. The van der Waals surface area contributed by atoms with E-state index in [0.717, 1.165) is 6.42 Å². The molecule has 1 rings (SSSR count). The Morgan fingerprint density at radius 3 is 2.79 bits per heavy atom. The zero-order chi connectivity index (χ0) is 10.6. The summed E-state index contributed by atoms with van der Waals surface area (Å²) in [4.78, 5) is 21.9. The third-order valence-corrected chi connectivity index (χ3v) is 2.39. The molecule has 0 bridgehead atoms. The zero-order valence-electron chi connectivity index (χ0n) is 7.74. The molecular weight excluding hydrogens is 202 g/mol. The Bertz CT molecular complexity index is 346. The van der Waals surface area contributed by atoms with E-state index >= 15 is 0 Å². The molecule has 14 heavy (non-hydrogen) atoms. The standard InChI is InChI=1S/C9H11NO3S/c1-2-3-8(11)10-7-5-14-4-6(7)9(12)13/h4-5H,2-3H2,1H3,(H,10,11)(H,12,13). The van der Waals surface area contributed by atoms with E-state index in [0.29, 0.717) is 12.1 Å². The lowest BCUT2D eigenvalue weighted by atomic mass is 10.2. The van der Waals surface area contributed by atoms with Crippen LogP contribution in [-0.2, 0) is 4.79 Å². The Morgan fingerprint density at radius 1 is 1.50 bits per heavy atom. The molecule has 1 amide bonds. The maximum Gasteiger partial charge on any atom is 0.338 e. The van der Waals surface area contributed by atoms with Crippen LogP contribution in [0.4, 0.5) is 5.69 Å². The molecule has 76 valence electrons. The predicted octanol–water partition coefficient (Wildman–Crippen LogP) is 2.18. The molecule has 4 nitrogen and oxygen atoms in total. The first kappa shape index (κ1) is 10.7. The summed E-state index contributed by atoms with van der Waals surface area (Å²) in [5.74, 6) is -1.16. The Kier molecular flexibility index (Phi) is 3.64. The molecule has 0 aromatic carbocycles. The van der Waals surface area contributed by atoms with Crippen LogP contribution in [0.5, 0.6) is 0 Å². The van der Waals surface area contributed by atoms with Crippen LogP contribution in [0.2, 0.25) is 0 Å². The lowest BCUT2D eigenvalue weighted by Gasteiger charge is -2.02. The van der Waals surface area contributed by atoms with Gasteiger partial charge in [-0.2, -0.15) is 0 Å². The smallest absolute Gasteiger partial charge is 0.338 e. The molecule has 0 radical (unpaired) electrons. The van der Waals surface area contributed by atoms with Gasteiger partial charge < -0.3 is 10.4 Å². The first-order valence-electron chi connectivity index (χ1n) is 4.24. The van der Waals surface area contributed by atoms with Gasteiger partial charge in [0.2, 0.25) is 5.91 Å². The number of carbonyl (C=O) groups excluding carboxylic acids is 1. The van der Waals surface area contributed by atoms with Gasteiger partial charge in [0.15, 0.2) is 0 Å². The normalized spacial score (nSPS) is 9.79. The molecule has 5 heteroatoms. The highest BCUT2D eigenvalue weighted by Crippen LogP contribution is 2.20. The van der Waals surface area contributed by atoms with Crippen LogP contribution in [0, 0.1) is 0 Å². The summed E-state index contributed by atoms with van der Waals surface area (Å²) >= 11 is 1.26. The van der Waals surface area contributed by atoms with Crippen LogP contribution in [0.15, 0.2) is 10.8 Å². The second kappa shape index (κ2) is 4.76. The van der Waals surface area contributed by atoms with Gasteiger partial charge in [-0.1, -0.05) is 6.92 Å². The number of rotatable bonds is 4. The number of aromatic carboxylic acids is 1. The molecule has 0 atom stereocenters. The summed E-state index contributed by atoms with van der Waals surface area (Å²) in [7, 11) is 0. The van der Waals surface area contributed by atoms with Crippen molar-refractivity contribution in [2.45, 2.75) is 19.8 Å². The van der Waals surface area contributed by atoms with Crippen molar-refractivity contribution >= 4 is 28.9 Å². The van der Waals surface area contributed by atoms with Crippen molar-refractivity contribution in [3.8, 4) is 0 Å². The first-order chi connectivity index (χ1) is 6.65. The largest absolute Gasteiger partial charge is 0.478 e. The molecular formula is C9H11NO3S. The van der Waals surface area contributed by atoms with E-state index in [-0.39, 0.29) is 11.5 Å². The number of carboxylic acids is 1. The SMILES string of the molecule is CCCC(=O)Nc1cscc1C(=O)O. The van der Waals surface area contributed by atoms with Gasteiger partial charge in [0.05, 0.1) is 11.3 Å². The third-order valence-electron chi connectivity index (χ3n) is 1.64. The number of anilines is 1. The van der Waals surface area contributed by atoms with E-state index in [1.54, 1.807) is 5.38 Å². The van der Waals surface area contributed by atoms with Gasteiger partial charge in [0.1, 0.15) is 0 Å². The Hall–Kier alpha value is -1.36. The third kappa shape index (κ3) is 2.56. The van der Waals surface area contributed by atoms with Gasteiger partial charge in [-0.3, -0.25) is 4.79 Å². The molecule has 0 aliphatic carbocycles. The fraction of sp³-hybridized carbons (Fsp3) is 0.333. The minimum atomic E-state index is -1.02. The highest BCUT2D eigenvalue weighted by Gasteiger charge is 2.12. The van der Waals surface area contributed by atoms with Crippen LogP contribution >= 0.6 is 11.3 Å². The van der Waals surface area contributed by atoms with Crippen LogP contribution in [0.1, 0.15) is 30.1 Å². The Balaban J connectivity index is 2.71. The molecule has 1 aromatic rings. The van der Waals surface area contributed by atoms with Crippen LogP contribution in [0.3, 0.4) is 0 Å². The van der Waals surface area contributed by atoms with Crippen molar-refractivity contribution in [1.29, 1.82) is 0 Å². The van der Waals surface area contributed by atoms with Crippen LogP contribution in [0.25, 0.3) is 0 Å². The fourth-order valence-corrected chi connectivity index (χ4v) is 1.75. The highest BCUT2D eigenvalue weighted by atomic mass is 32.1. The zero-order valence-corrected chi connectivity index (χ0v) is 8.56. The van der Waals surface area contributed by atoms with Crippen LogP contribution in [-0.4, -0.2) is 17.0 Å². The number of hydrogen-bond acceptors (Lipinski definition) is 3. The van der Waals surface area contributed by atoms with Crippen molar-refractivity contribution in [2.24, 2.45) is 0 Å². The van der Waals surface area contributed by atoms with E-state index < -0.39 is 5.97 Å². The van der Waals surface area contributed by atoms with Crippen molar-refractivity contribution in [3.63, 3.8) is 0 Å². The molecule has 0 aliphatic rings. The van der Waals surface area contributed by atoms with E-state index in [9.17, 15) is 9.59 Å². The van der Waals surface area contributed by atoms with E-state index in [1.165, 1.54) is 16.7 Å². The highest BCUT2D eigenvalue weighted by molar-refractivity contribution is 7.08. The van der Waals surface area contributed by atoms with Gasteiger partial charge in [0, 0.05) is 17.2 Å². The van der Waals surface area contributed by atoms with Crippen molar-refractivity contribution in [1.82, 2.24) is 0 Å². The summed E-state index contributed by atoms with van der Waals surface area (Å²) in [6, 6.07) is 0. The molecule has 0 unspecified atom stereocenters. The second-order valence-corrected chi connectivity index (χ2v) is 3.55. The van der Waals surface area contributed by atoms with Crippen molar-refractivity contribution < 1.29 is 14.7 Å². The minimum Gasteiger partial charge on any atom is -0.478 e.